The van der Waals surface area contributed by atoms with Gasteiger partial charge < -0.3 is 5.32 Å². The largest absolute Gasteiger partial charge is 0.310 e. The first-order valence-corrected chi connectivity index (χ1v) is 8.08. The molecule has 2 heterocycles. The third-order valence-corrected chi connectivity index (χ3v) is 5.09. The molecule has 2 fully saturated rings. The van der Waals surface area contributed by atoms with E-state index in [1.54, 1.807) is 6.33 Å². The maximum atomic E-state index is 4.45. The van der Waals surface area contributed by atoms with Gasteiger partial charge in [-0.3, -0.25) is 4.90 Å². The van der Waals surface area contributed by atoms with Crippen LogP contribution in [0.5, 0.6) is 0 Å². The van der Waals surface area contributed by atoms with Crippen molar-refractivity contribution in [3.8, 4) is 0 Å². The van der Waals surface area contributed by atoms with Crippen molar-refractivity contribution >= 4 is 0 Å². The van der Waals surface area contributed by atoms with Crippen molar-refractivity contribution in [3.63, 3.8) is 0 Å². The summed E-state index contributed by atoms with van der Waals surface area (Å²) in [5, 5.41) is 8.14. The van der Waals surface area contributed by atoms with E-state index >= 15 is 0 Å². The molecule has 2 aliphatic rings. The lowest BCUT2D eigenvalue weighted by atomic mass is 9.97. The van der Waals surface area contributed by atoms with E-state index in [0.717, 1.165) is 32.0 Å². The second kappa shape index (κ2) is 5.82. The molecule has 5 nitrogen and oxygen atoms in total. The van der Waals surface area contributed by atoms with Gasteiger partial charge in [0.1, 0.15) is 12.2 Å². The molecule has 1 N–H and O–H groups in total. The van der Waals surface area contributed by atoms with Crippen molar-refractivity contribution in [1.29, 1.82) is 0 Å². The van der Waals surface area contributed by atoms with Gasteiger partial charge in [0, 0.05) is 24.7 Å². The van der Waals surface area contributed by atoms with Crippen LogP contribution in [0.15, 0.2) is 6.33 Å². The SMILES string of the molecule is CCn1ncnc1CN1CC2(CCCC2)NCCC1C. The molecule has 0 bridgehead atoms. The van der Waals surface area contributed by atoms with Gasteiger partial charge in [0.05, 0.1) is 6.54 Å². The minimum absolute atomic E-state index is 0.363. The summed E-state index contributed by atoms with van der Waals surface area (Å²) in [5.74, 6) is 1.11. The Kier molecular flexibility index (Phi) is 4.08. The number of nitrogens with zero attached hydrogens (tertiary/aromatic N) is 4. The van der Waals surface area contributed by atoms with E-state index in [2.05, 4.69) is 34.1 Å². The lowest BCUT2D eigenvalue weighted by Crippen LogP contribution is -2.50. The third kappa shape index (κ3) is 2.74. The van der Waals surface area contributed by atoms with Crippen molar-refractivity contribution in [2.24, 2.45) is 0 Å². The quantitative estimate of drug-likeness (QED) is 0.915. The van der Waals surface area contributed by atoms with Crippen molar-refractivity contribution in [2.45, 2.75) is 70.6 Å². The van der Waals surface area contributed by atoms with Crippen molar-refractivity contribution in [1.82, 2.24) is 25.0 Å². The summed E-state index contributed by atoms with van der Waals surface area (Å²) >= 11 is 0. The summed E-state index contributed by atoms with van der Waals surface area (Å²) in [6.07, 6.45) is 8.32. The highest BCUT2D eigenvalue weighted by Gasteiger charge is 2.38. The fraction of sp³-hybridized carbons (Fsp3) is 0.867. The average Bonchev–Trinajstić information content (AvgIpc) is 3.04. The second-order valence-corrected chi connectivity index (χ2v) is 6.45. The maximum Gasteiger partial charge on any atom is 0.141 e. The zero-order valence-corrected chi connectivity index (χ0v) is 12.8. The first-order valence-electron chi connectivity index (χ1n) is 8.08. The molecule has 112 valence electrons. The van der Waals surface area contributed by atoms with Gasteiger partial charge in [-0.2, -0.15) is 5.10 Å². The Morgan fingerprint density at radius 1 is 1.40 bits per heavy atom. The van der Waals surface area contributed by atoms with Crippen molar-refractivity contribution in [3.05, 3.63) is 12.2 Å². The number of aryl methyl sites for hydroxylation is 1. The molecular weight excluding hydrogens is 250 g/mol. The van der Waals surface area contributed by atoms with Crippen LogP contribution in [-0.2, 0) is 13.1 Å². The number of aromatic nitrogens is 3. The minimum atomic E-state index is 0.363. The summed E-state index contributed by atoms with van der Waals surface area (Å²) in [7, 11) is 0. The molecule has 1 atom stereocenters. The molecule has 5 heteroatoms. The number of hydrogen-bond donors (Lipinski definition) is 1. The van der Waals surface area contributed by atoms with E-state index in [1.807, 2.05) is 4.68 Å². The summed E-state index contributed by atoms with van der Waals surface area (Å²) in [6.45, 7) is 8.62. The van der Waals surface area contributed by atoms with Crippen LogP contribution in [0.25, 0.3) is 0 Å². The van der Waals surface area contributed by atoms with Crippen LogP contribution >= 0.6 is 0 Å². The van der Waals surface area contributed by atoms with Gasteiger partial charge in [-0.1, -0.05) is 12.8 Å². The van der Waals surface area contributed by atoms with E-state index in [1.165, 1.54) is 32.1 Å². The fourth-order valence-corrected chi connectivity index (χ4v) is 3.78. The predicted molar refractivity (Wildman–Crippen MR) is 79.4 cm³/mol. The number of nitrogens with one attached hydrogen (secondary N) is 1. The summed E-state index contributed by atoms with van der Waals surface area (Å²) in [4.78, 5) is 7.06. The number of hydrogen-bond acceptors (Lipinski definition) is 4. The number of rotatable bonds is 3. The van der Waals surface area contributed by atoms with Crippen LogP contribution in [0.1, 0.15) is 51.8 Å². The van der Waals surface area contributed by atoms with Crippen molar-refractivity contribution in [2.75, 3.05) is 13.1 Å². The molecule has 0 aromatic carbocycles. The van der Waals surface area contributed by atoms with Crippen LogP contribution in [0.2, 0.25) is 0 Å². The zero-order valence-electron chi connectivity index (χ0n) is 12.8. The Morgan fingerprint density at radius 2 is 2.20 bits per heavy atom. The molecule has 1 unspecified atom stereocenters. The molecule has 20 heavy (non-hydrogen) atoms. The van der Waals surface area contributed by atoms with E-state index < -0.39 is 0 Å². The Morgan fingerprint density at radius 3 is 2.95 bits per heavy atom. The molecule has 1 spiro atoms. The van der Waals surface area contributed by atoms with Gasteiger partial charge in [-0.15, -0.1) is 0 Å². The highest BCUT2D eigenvalue weighted by Crippen LogP contribution is 2.33. The highest BCUT2D eigenvalue weighted by molar-refractivity contribution is 4.99. The monoisotopic (exact) mass is 277 g/mol. The molecule has 1 aliphatic carbocycles. The summed E-state index contributed by atoms with van der Waals surface area (Å²) < 4.78 is 2.02. The molecule has 1 aliphatic heterocycles. The normalized spacial score (nSPS) is 27.0. The van der Waals surface area contributed by atoms with E-state index in [-0.39, 0.29) is 0 Å². The Balaban J connectivity index is 1.75. The molecule has 0 amide bonds. The van der Waals surface area contributed by atoms with Gasteiger partial charge in [0.15, 0.2) is 0 Å². The standard InChI is InChI=1S/C15H27N5/c1-3-20-14(16-12-18-20)10-19-11-15(7-4-5-8-15)17-9-6-13(19)2/h12-13,17H,3-11H2,1-2H3. The van der Waals surface area contributed by atoms with Crippen LogP contribution in [0.3, 0.4) is 0 Å². The van der Waals surface area contributed by atoms with Crippen LogP contribution in [-0.4, -0.2) is 44.3 Å². The molecule has 3 rings (SSSR count). The Hall–Kier alpha value is -0.940. The van der Waals surface area contributed by atoms with Gasteiger partial charge in [-0.25, -0.2) is 9.67 Å². The Labute approximate surface area is 121 Å². The molecule has 1 aromatic heterocycles. The molecule has 0 radical (unpaired) electrons. The second-order valence-electron chi connectivity index (χ2n) is 6.45. The summed E-state index contributed by atoms with van der Waals surface area (Å²) in [5.41, 5.74) is 0.363. The lowest BCUT2D eigenvalue weighted by Gasteiger charge is -2.35. The van der Waals surface area contributed by atoms with E-state index in [9.17, 15) is 0 Å². The molecule has 1 aromatic rings. The minimum Gasteiger partial charge on any atom is -0.310 e. The van der Waals surface area contributed by atoms with Gasteiger partial charge in [0.25, 0.3) is 0 Å². The highest BCUT2D eigenvalue weighted by atomic mass is 15.4. The fourth-order valence-electron chi connectivity index (χ4n) is 3.78. The average molecular weight is 277 g/mol. The van der Waals surface area contributed by atoms with E-state index in [4.69, 9.17) is 0 Å². The molecule has 1 saturated carbocycles. The van der Waals surface area contributed by atoms with Crippen LogP contribution in [0.4, 0.5) is 0 Å². The predicted octanol–water partition coefficient (Wildman–Crippen LogP) is 1.79. The topological polar surface area (TPSA) is 46.0 Å². The zero-order chi connectivity index (χ0) is 14.0. The van der Waals surface area contributed by atoms with Gasteiger partial charge in [0.2, 0.25) is 0 Å². The molecule has 1 saturated heterocycles. The van der Waals surface area contributed by atoms with E-state index in [0.29, 0.717) is 11.6 Å². The van der Waals surface area contributed by atoms with Gasteiger partial charge >= 0.3 is 0 Å². The first-order chi connectivity index (χ1) is 9.72. The van der Waals surface area contributed by atoms with Crippen LogP contribution < -0.4 is 5.32 Å². The van der Waals surface area contributed by atoms with Crippen molar-refractivity contribution < 1.29 is 0 Å². The van der Waals surface area contributed by atoms with Crippen LogP contribution in [0, 0.1) is 0 Å². The molecular formula is C15H27N5. The lowest BCUT2D eigenvalue weighted by molar-refractivity contribution is 0.154. The third-order valence-electron chi connectivity index (χ3n) is 5.09. The smallest absolute Gasteiger partial charge is 0.141 e. The van der Waals surface area contributed by atoms with Gasteiger partial charge in [-0.05, 0) is 39.7 Å². The Bertz CT molecular complexity index is 435. The first kappa shape index (κ1) is 14.0. The summed E-state index contributed by atoms with van der Waals surface area (Å²) in [6, 6.07) is 0.615. The maximum absolute atomic E-state index is 4.45.